The summed E-state index contributed by atoms with van der Waals surface area (Å²) in [6, 6.07) is 19.7. The molecule has 1 aliphatic heterocycles. The van der Waals surface area contributed by atoms with Gasteiger partial charge in [0.05, 0.1) is 5.56 Å². The zero-order chi connectivity index (χ0) is 19.3. The fraction of sp³-hybridized carbons (Fsp3) is 0.292. The van der Waals surface area contributed by atoms with Gasteiger partial charge in [-0.25, -0.2) is 0 Å². The summed E-state index contributed by atoms with van der Waals surface area (Å²) in [5, 5.41) is 1.90. The minimum absolute atomic E-state index is 0.409. The number of carbonyl (C=O) groups is 1. The highest BCUT2D eigenvalue weighted by molar-refractivity contribution is 6.11. The molecule has 0 bridgehead atoms. The molecule has 1 fully saturated rings. The number of fused-ring (bicyclic) bond motifs is 1. The van der Waals surface area contributed by atoms with Crippen molar-refractivity contribution in [3.63, 3.8) is 0 Å². The molecule has 4 nitrogen and oxygen atoms in total. The maximum Gasteiger partial charge on any atom is 0.249 e. The van der Waals surface area contributed by atoms with Crippen molar-refractivity contribution in [2.75, 3.05) is 26.2 Å². The molecule has 4 rings (SSSR count). The van der Waals surface area contributed by atoms with E-state index in [2.05, 4.69) is 4.90 Å². The first-order valence-electron chi connectivity index (χ1n) is 9.99. The summed E-state index contributed by atoms with van der Waals surface area (Å²) in [6.45, 7) is 4.03. The van der Waals surface area contributed by atoms with Crippen molar-refractivity contribution < 1.29 is 9.53 Å². The van der Waals surface area contributed by atoms with Gasteiger partial charge in [-0.05, 0) is 60.0 Å². The summed E-state index contributed by atoms with van der Waals surface area (Å²) in [5.41, 5.74) is 8.10. The Morgan fingerprint density at radius 3 is 2.43 bits per heavy atom. The number of hydrogen-bond donors (Lipinski definition) is 1. The van der Waals surface area contributed by atoms with Gasteiger partial charge in [-0.2, -0.15) is 0 Å². The maximum absolute atomic E-state index is 12.2. The van der Waals surface area contributed by atoms with Gasteiger partial charge < -0.3 is 10.5 Å². The van der Waals surface area contributed by atoms with Crippen LogP contribution in [0.15, 0.2) is 60.7 Å². The monoisotopic (exact) mass is 374 g/mol. The number of nitrogens with two attached hydrogens (primary N) is 1. The standard InChI is InChI=1S/C24H26N2O2/c25-24(27)23-21-7-3-2-6-18(21)10-13-22(23)19-8-11-20(12-9-19)28-17-16-26-14-4-1-5-15-26/h2-3,6-13H,1,4-5,14-17H2,(H2,25,27). The Bertz CT molecular complexity index is 960. The van der Waals surface area contributed by atoms with Gasteiger partial charge in [0.1, 0.15) is 12.4 Å². The maximum atomic E-state index is 12.2. The third-order valence-corrected chi connectivity index (χ3v) is 5.47. The van der Waals surface area contributed by atoms with Crippen LogP contribution in [-0.2, 0) is 0 Å². The molecule has 1 saturated heterocycles. The van der Waals surface area contributed by atoms with Crippen LogP contribution < -0.4 is 10.5 Å². The number of piperidine rings is 1. The Morgan fingerprint density at radius 2 is 1.68 bits per heavy atom. The summed E-state index contributed by atoms with van der Waals surface area (Å²) in [6.07, 6.45) is 3.94. The third kappa shape index (κ3) is 4.02. The van der Waals surface area contributed by atoms with Crippen LogP contribution >= 0.6 is 0 Å². The van der Waals surface area contributed by atoms with Crippen LogP contribution in [0.25, 0.3) is 21.9 Å². The van der Waals surface area contributed by atoms with E-state index in [1.54, 1.807) is 0 Å². The fourth-order valence-electron chi connectivity index (χ4n) is 3.98. The quantitative estimate of drug-likeness (QED) is 0.692. The largest absolute Gasteiger partial charge is 0.492 e. The highest BCUT2D eigenvalue weighted by Crippen LogP contribution is 2.31. The van der Waals surface area contributed by atoms with Crippen molar-refractivity contribution in [2.45, 2.75) is 19.3 Å². The molecule has 0 unspecified atom stereocenters. The number of benzene rings is 3. The molecule has 3 aromatic carbocycles. The zero-order valence-electron chi connectivity index (χ0n) is 16.1. The normalized spacial score (nSPS) is 14.9. The van der Waals surface area contributed by atoms with Crippen LogP contribution in [0.2, 0.25) is 0 Å². The minimum Gasteiger partial charge on any atom is -0.492 e. The van der Waals surface area contributed by atoms with Gasteiger partial charge in [0, 0.05) is 6.54 Å². The van der Waals surface area contributed by atoms with Crippen molar-refractivity contribution in [1.82, 2.24) is 4.90 Å². The first-order chi connectivity index (χ1) is 13.7. The van der Waals surface area contributed by atoms with Crippen molar-refractivity contribution in [1.29, 1.82) is 0 Å². The van der Waals surface area contributed by atoms with E-state index in [1.165, 1.54) is 32.4 Å². The van der Waals surface area contributed by atoms with Gasteiger partial charge in [-0.3, -0.25) is 9.69 Å². The molecule has 0 aromatic heterocycles. The van der Waals surface area contributed by atoms with Crippen LogP contribution in [0.3, 0.4) is 0 Å². The Hall–Kier alpha value is -2.85. The van der Waals surface area contributed by atoms with E-state index in [0.717, 1.165) is 34.2 Å². The smallest absolute Gasteiger partial charge is 0.249 e. The molecule has 1 amide bonds. The van der Waals surface area contributed by atoms with E-state index in [4.69, 9.17) is 10.5 Å². The van der Waals surface area contributed by atoms with Crippen LogP contribution in [0.4, 0.5) is 0 Å². The second-order valence-electron chi connectivity index (χ2n) is 7.35. The highest BCUT2D eigenvalue weighted by Gasteiger charge is 2.14. The second-order valence-corrected chi connectivity index (χ2v) is 7.35. The Kier molecular flexibility index (Phi) is 5.58. The molecule has 3 aromatic rings. The lowest BCUT2D eigenvalue weighted by molar-refractivity contribution is 0.100. The summed E-state index contributed by atoms with van der Waals surface area (Å²) in [4.78, 5) is 14.6. The summed E-state index contributed by atoms with van der Waals surface area (Å²) in [5.74, 6) is 0.441. The van der Waals surface area contributed by atoms with Gasteiger partial charge in [0.25, 0.3) is 0 Å². The van der Waals surface area contributed by atoms with E-state index in [1.807, 2.05) is 60.7 Å². The average Bonchev–Trinajstić information content (AvgIpc) is 2.74. The van der Waals surface area contributed by atoms with Gasteiger partial charge in [0.2, 0.25) is 5.91 Å². The topological polar surface area (TPSA) is 55.6 Å². The lowest BCUT2D eigenvalue weighted by Crippen LogP contribution is -2.33. The number of rotatable bonds is 6. The van der Waals surface area contributed by atoms with Crippen LogP contribution in [0.5, 0.6) is 5.75 Å². The van der Waals surface area contributed by atoms with Crippen molar-refractivity contribution in [3.05, 3.63) is 66.2 Å². The lowest BCUT2D eigenvalue weighted by atomic mass is 9.94. The molecule has 0 spiro atoms. The summed E-state index contributed by atoms with van der Waals surface area (Å²) >= 11 is 0. The molecule has 144 valence electrons. The molecule has 2 N–H and O–H groups in total. The first kappa shape index (κ1) is 18.5. The van der Waals surface area contributed by atoms with Gasteiger partial charge in [-0.1, -0.05) is 55.0 Å². The van der Waals surface area contributed by atoms with E-state index in [0.29, 0.717) is 12.2 Å². The summed E-state index contributed by atoms with van der Waals surface area (Å²) < 4.78 is 5.91. The van der Waals surface area contributed by atoms with Crippen molar-refractivity contribution in [3.8, 4) is 16.9 Å². The number of likely N-dealkylation sites (tertiary alicyclic amines) is 1. The second kappa shape index (κ2) is 8.44. The third-order valence-electron chi connectivity index (χ3n) is 5.47. The summed E-state index contributed by atoms with van der Waals surface area (Å²) in [7, 11) is 0. The van der Waals surface area contributed by atoms with E-state index in [9.17, 15) is 4.79 Å². The Morgan fingerprint density at radius 1 is 0.929 bits per heavy atom. The predicted molar refractivity (Wildman–Crippen MR) is 114 cm³/mol. The predicted octanol–water partition coefficient (Wildman–Crippen LogP) is 4.47. The van der Waals surface area contributed by atoms with E-state index >= 15 is 0 Å². The molecule has 1 heterocycles. The number of primary amides is 1. The molecular formula is C24H26N2O2. The molecule has 28 heavy (non-hydrogen) atoms. The molecule has 1 aliphatic rings. The average molecular weight is 374 g/mol. The van der Waals surface area contributed by atoms with E-state index < -0.39 is 5.91 Å². The molecule has 0 radical (unpaired) electrons. The Labute approximate surface area is 165 Å². The molecule has 0 aliphatic carbocycles. The van der Waals surface area contributed by atoms with Crippen LogP contribution in [0, 0.1) is 0 Å². The number of hydrogen-bond acceptors (Lipinski definition) is 3. The highest BCUT2D eigenvalue weighted by atomic mass is 16.5. The van der Waals surface area contributed by atoms with Crippen molar-refractivity contribution >= 4 is 16.7 Å². The molecule has 0 atom stereocenters. The van der Waals surface area contributed by atoms with Gasteiger partial charge in [-0.15, -0.1) is 0 Å². The molecule has 0 saturated carbocycles. The van der Waals surface area contributed by atoms with Crippen LogP contribution in [0.1, 0.15) is 29.6 Å². The minimum atomic E-state index is -0.409. The number of carbonyl (C=O) groups excluding carboxylic acids is 1. The number of amides is 1. The Balaban J connectivity index is 1.50. The molecular weight excluding hydrogens is 348 g/mol. The van der Waals surface area contributed by atoms with Gasteiger partial charge >= 0.3 is 0 Å². The SMILES string of the molecule is NC(=O)c1c(-c2ccc(OCCN3CCCCC3)cc2)ccc2ccccc12. The molecule has 4 heteroatoms. The zero-order valence-corrected chi connectivity index (χ0v) is 16.1. The van der Waals surface area contributed by atoms with Crippen LogP contribution in [-0.4, -0.2) is 37.0 Å². The van der Waals surface area contributed by atoms with Gasteiger partial charge in [0.15, 0.2) is 0 Å². The number of ether oxygens (including phenoxy) is 1. The lowest BCUT2D eigenvalue weighted by Gasteiger charge is -2.26. The fourth-order valence-corrected chi connectivity index (χ4v) is 3.98. The van der Waals surface area contributed by atoms with E-state index in [-0.39, 0.29) is 0 Å². The number of nitrogens with zero attached hydrogens (tertiary/aromatic N) is 1. The first-order valence-corrected chi connectivity index (χ1v) is 9.99. The van der Waals surface area contributed by atoms with Crippen molar-refractivity contribution in [2.24, 2.45) is 5.73 Å².